The van der Waals surface area contributed by atoms with Crippen LogP contribution in [0, 0.1) is 0 Å². The van der Waals surface area contributed by atoms with Crippen LogP contribution in [0.1, 0.15) is 5.56 Å². The molecule has 0 aliphatic carbocycles. The molecule has 0 spiro atoms. The molecule has 0 atom stereocenters. The molecule has 0 amide bonds. The molecule has 4 N–H and O–H groups in total. The standard InChI is InChI=1S/C8H11N.CH5N.4HI.Sn/c9-7-6-8-4-2-1-3-5-8;1-2;;;;;/h1-5H,6-7,9H2;2H2,1H3;4*1H;/q;;;;;;+4/p-4. The van der Waals surface area contributed by atoms with Gasteiger partial charge in [-0.3, -0.25) is 0 Å². The summed E-state index contributed by atoms with van der Waals surface area (Å²) in [5.74, 6) is 0. The normalized spacial score (nSPS) is 9.44. The zero-order chi connectivity index (χ0) is 13.0. The molecule has 0 aliphatic rings. The van der Waals surface area contributed by atoms with Gasteiger partial charge in [-0.2, -0.15) is 0 Å². The molecule has 0 fully saturated rings. The van der Waals surface area contributed by atoms with Crippen LogP contribution in [-0.4, -0.2) is 16.1 Å². The Hall–Kier alpha value is 2.86. The van der Waals surface area contributed by atoms with Gasteiger partial charge in [-0.25, -0.2) is 0 Å². The molecule has 1 rings (SSSR count). The van der Waals surface area contributed by atoms with Gasteiger partial charge in [-0.1, -0.05) is 30.3 Å². The Bertz CT molecular complexity index is 235. The van der Waals surface area contributed by atoms with E-state index >= 15 is 0 Å². The topological polar surface area (TPSA) is 52.0 Å². The number of halogens is 4. The van der Waals surface area contributed by atoms with Crippen LogP contribution in [0.3, 0.4) is 0 Å². The van der Waals surface area contributed by atoms with E-state index in [1.54, 1.807) is 0 Å². The van der Waals surface area contributed by atoms with Crippen LogP contribution in [0.2, 0.25) is 0 Å². The molecule has 1 aromatic carbocycles. The fourth-order valence-corrected chi connectivity index (χ4v) is 0.811. The first-order valence-electron chi connectivity index (χ1n) is 4.51. The molecule has 0 unspecified atom stereocenters. The van der Waals surface area contributed by atoms with E-state index in [1.807, 2.05) is 18.2 Å². The van der Waals surface area contributed by atoms with Crippen LogP contribution in [-0.2, 0) is 6.42 Å². The van der Waals surface area contributed by atoms with Crippen molar-refractivity contribution in [2.24, 2.45) is 11.5 Å². The molecule has 0 aliphatic heterocycles. The third kappa shape index (κ3) is 22.1. The summed E-state index contributed by atoms with van der Waals surface area (Å²) in [4.78, 5) is 0. The van der Waals surface area contributed by atoms with Gasteiger partial charge in [0.15, 0.2) is 0 Å². The Kier molecular flexibility index (Phi) is 18.9. The maximum absolute atomic E-state index is 5.36. The number of nitrogens with two attached hydrogens (primary N) is 2. The van der Waals surface area contributed by atoms with Gasteiger partial charge in [0.2, 0.25) is 0 Å². The molecular formula is C9H16I4N2Sn. The van der Waals surface area contributed by atoms with Crippen LogP contribution in [0.15, 0.2) is 30.3 Å². The van der Waals surface area contributed by atoms with Crippen LogP contribution in [0.25, 0.3) is 0 Å². The fraction of sp³-hybridized carbons (Fsp3) is 0.333. The molecule has 0 saturated carbocycles. The molecule has 7 heteroatoms. The average Bonchev–Trinajstić information content (AvgIpc) is 2.20. The molecule has 0 heterocycles. The van der Waals surface area contributed by atoms with Crippen molar-refractivity contribution in [1.82, 2.24) is 0 Å². The van der Waals surface area contributed by atoms with Crippen molar-refractivity contribution in [3.05, 3.63) is 35.9 Å². The SMILES string of the molecule is CN.NCCc1ccccc1.[I][Sn]([I])([I])[I]. The van der Waals surface area contributed by atoms with E-state index in [4.69, 9.17) is 5.73 Å². The Morgan fingerprint density at radius 1 is 1.00 bits per heavy atom. The monoisotopic (exact) mass is 780 g/mol. The summed E-state index contributed by atoms with van der Waals surface area (Å²) < 4.78 is -1.30. The molecule has 2 nitrogen and oxygen atoms in total. The minimum absolute atomic E-state index is 0.740. The molecule has 94 valence electrons. The van der Waals surface area contributed by atoms with Gasteiger partial charge in [-0.05, 0) is 25.6 Å². The van der Waals surface area contributed by atoms with E-state index in [0.717, 1.165) is 13.0 Å². The first kappa shape index (κ1) is 21.2. The quantitative estimate of drug-likeness (QED) is 0.354. The van der Waals surface area contributed by atoms with Gasteiger partial charge < -0.3 is 11.5 Å². The predicted octanol–water partition coefficient (Wildman–Crippen LogP) is 3.92. The van der Waals surface area contributed by atoms with Gasteiger partial charge in [0.05, 0.1) is 0 Å². The van der Waals surface area contributed by atoms with Crippen LogP contribution in [0.5, 0.6) is 0 Å². The third-order valence-electron chi connectivity index (χ3n) is 1.28. The molecule has 1 aromatic rings. The van der Waals surface area contributed by atoms with Gasteiger partial charge in [-0.15, -0.1) is 0 Å². The Labute approximate surface area is 141 Å². The van der Waals surface area contributed by atoms with Gasteiger partial charge in [0.25, 0.3) is 0 Å². The summed E-state index contributed by atoms with van der Waals surface area (Å²) in [7, 11) is 1.50. The van der Waals surface area contributed by atoms with Crippen LogP contribution in [0.4, 0.5) is 0 Å². The molecule has 16 heavy (non-hydrogen) atoms. The number of benzene rings is 1. The Balaban J connectivity index is 0. The zero-order valence-electron chi connectivity index (χ0n) is 8.97. The van der Waals surface area contributed by atoms with E-state index < -0.39 is 2.50 Å². The van der Waals surface area contributed by atoms with Crippen molar-refractivity contribution in [3.63, 3.8) is 0 Å². The summed E-state index contributed by atoms with van der Waals surface area (Å²) >= 11 is 10.2. The summed E-state index contributed by atoms with van der Waals surface area (Å²) in [6.45, 7) is 0.740. The fourth-order valence-electron chi connectivity index (χ4n) is 0.811. The van der Waals surface area contributed by atoms with Crippen molar-refractivity contribution in [2.75, 3.05) is 13.6 Å². The number of hydrogen-bond acceptors (Lipinski definition) is 2. The molecule has 0 saturated heterocycles. The predicted molar refractivity (Wildman–Crippen MR) is 111 cm³/mol. The molecule has 0 bridgehead atoms. The molecule has 0 aromatic heterocycles. The zero-order valence-corrected chi connectivity index (χ0v) is 20.5. The number of hydrogen-bond donors (Lipinski definition) is 2. The maximum atomic E-state index is 5.36. The minimum atomic E-state index is -1.30. The van der Waals surface area contributed by atoms with E-state index in [9.17, 15) is 0 Å². The van der Waals surface area contributed by atoms with Crippen LogP contribution >= 0.6 is 74.5 Å². The second-order valence-electron chi connectivity index (χ2n) is 2.45. The number of rotatable bonds is 2. The summed E-state index contributed by atoms with van der Waals surface area (Å²) in [6, 6.07) is 10.3. The average molecular weight is 779 g/mol. The first-order valence-corrected chi connectivity index (χ1v) is 37.8. The van der Waals surface area contributed by atoms with E-state index in [2.05, 4.69) is 92.4 Å². The first-order chi connectivity index (χ1) is 7.43. The second-order valence-corrected chi connectivity index (χ2v) is 131. The van der Waals surface area contributed by atoms with Crippen molar-refractivity contribution >= 4 is 77.0 Å². The van der Waals surface area contributed by atoms with E-state index in [-0.39, 0.29) is 0 Å². The summed E-state index contributed by atoms with van der Waals surface area (Å²) in [5.41, 5.74) is 11.2. The Morgan fingerprint density at radius 3 is 1.69 bits per heavy atom. The van der Waals surface area contributed by atoms with Crippen molar-refractivity contribution in [3.8, 4) is 0 Å². The van der Waals surface area contributed by atoms with Crippen molar-refractivity contribution in [2.45, 2.75) is 6.42 Å². The van der Waals surface area contributed by atoms with Gasteiger partial charge >= 0.3 is 77.0 Å². The van der Waals surface area contributed by atoms with E-state index in [0.29, 0.717) is 0 Å². The van der Waals surface area contributed by atoms with Crippen molar-refractivity contribution < 1.29 is 0 Å². The second kappa shape index (κ2) is 14.3. The van der Waals surface area contributed by atoms with Crippen LogP contribution < -0.4 is 11.5 Å². The Morgan fingerprint density at radius 2 is 1.38 bits per heavy atom. The van der Waals surface area contributed by atoms with E-state index in [1.165, 1.54) is 12.6 Å². The summed E-state index contributed by atoms with van der Waals surface area (Å²) in [6.07, 6.45) is 0.987. The van der Waals surface area contributed by atoms with Gasteiger partial charge in [0, 0.05) is 0 Å². The van der Waals surface area contributed by atoms with Crippen molar-refractivity contribution in [1.29, 1.82) is 0 Å². The van der Waals surface area contributed by atoms with Gasteiger partial charge in [0.1, 0.15) is 0 Å². The molecule has 0 radical (unpaired) electrons. The molecular weight excluding hydrogens is 762 g/mol. The summed E-state index contributed by atoms with van der Waals surface area (Å²) in [5, 5.41) is 0. The third-order valence-corrected chi connectivity index (χ3v) is 1.28.